The minimum atomic E-state index is -2.47. The number of hydrogen-bond acceptors (Lipinski definition) is 3. The summed E-state index contributed by atoms with van der Waals surface area (Å²) >= 11 is 0. The van der Waals surface area contributed by atoms with Crippen molar-refractivity contribution in [3.8, 4) is 0 Å². The number of alkyl halides is 2. The first-order valence-electron chi connectivity index (χ1n) is 6.42. The van der Waals surface area contributed by atoms with Crippen LogP contribution in [0.1, 0.15) is 24.1 Å². The summed E-state index contributed by atoms with van der Waals surface area (Å²) in [6.07, 6.45) is 0.336. The molecule has 2 aliphatic rings. The molecule has 3 nitrogen and oxygen atoms in total. The third-order valence-electron chi connectivity index (χ3n) is 3.92. The molecule has 2 saturated heterocycles. The van der Waals surface area contributed by atoms with Gasteiger partial charge in [-0.1, -0.05) is 6.07 Å². The van der Waals surface area contributed by atoms with Crippen molar-refractivity contribution in [3.05, 3.63) is 29.6 Å². The van der Waals surface area contributed by atoms with Crippen LogP contribution in [0, 0.1) is 0 Å². The molecule has 2 bridgehead atoms. The lowest BCUT2D eigenvalue weighted by molar-refractivity contribution is 0.128. The van der Waals surface area contributed by atoms with E-state index in [1.54, 1.807) is 12.3 Å². The number of halogens is 2. The largest absolute Gasteiger partial charge is 0.300 e. The minimum Gasteiger partial charge on any atom is -0.300 e. The van der Waals surface area contributed by atoms with E-state index in [2.05, 4.69) is 14.8 Å². The molecule has 3 rings (SSSR count). The highest BCUT2D eigenvalue weighted by Crippen LogP contribution is 2.23. The molecule has 0 aromatic carbocycles. The van der Waals surface area contributed by atoms with Crippen molar-refractivity contribution < 1.29 is 8.78 Å². The van der Waals surface area contributed by atoms with Gasteiger partial charge in [0, 0.05) is 38.4 Å². The summed E-state index contributed by atoms with van der Waals surface area (Å²) < 4.78 is 24.8. The molecular formula is C13H17F2N3. The summed E-state index contributed by atoms with van der Waals surface area (Å²) in [6.45, 7) is 5.38. The number of fused-ring (bicyclic) bond motifs is 2. The number of aromatic nitrogens is 1. The van der Waals surface area contributed by atoms with E-state index >= 15 is 0 Å². The highest BCUT2D eigenvalue weighted by molar-refractivity contribution is 5.15. The first-order valence-corrected chi connectivity index (χ1v) is 6.42. The third kappa shape index (κ3) is 2.37. The maximum absolute atomic E-state index is 12.4. The van der Waals surface area contributed by atoms with Crippen molar-refractivity contribution in [1.29, 1.82) is 0 Å². The van der Waals surface area contributed by atoms with Crippen LogP contribution >= 0.6 is 0 Å². The Morgan fingerprint density at radius 2 is 2.17 bits per heavy atom. The lowest BCUT2D eigenvalue weighted by Gasteiger charge is -2.34. The van der Waals surface area contributed by atoms with Crippen LogP contribution in [0.2, 0.25) is 0 Å². The summed E-state index contributed by atoms with van der Waals surface area (Å²) in [7, 11) is 0. The predicted molar refractivity (Wildman–Crippen MR) is 64.4 cm³/mol. The molecule has 2 atom stereocenters. The van der Waals surface area contributed by atoms with Gasteiger partial charge < -0.3 is 4.90 Å². The van der Waals surface area contributed by atoms with Crippen LogP contribution in [0.15, 0.2) is 18.3 Å². The number of piperazine rings is 1. The van der Waals surface area contributed by atoms with Crippen molar-refractivity contribution in [3.63, 3.8) is 0 Å². The van der Waals surface area contributed by atoms with E-state index in [4.69, 9.17) is 0 Å². The van der Waals surface area contributed by atoms with Crippen molar-refractivity contribution >= 4 is 0 Å². The van der Waals surface area contributed by atoms with E-state index in [0.29, 0.717) is 6.04 Å². The fourth-order valence-electron chi connectivity index (χ4n) is 2.87. The van der Waals surface area contributed by atoms with Gasteiger partial charge in [-0.3, -0.25) is 9.88 Å². The lowest BCUT2D eigenvalue weighted by Crippen LogP contribution is -2.46. The minimum absolute atomic E-state index is 0.135. The van der Waals surface area contributed by atoms with Crippen molar-refractivity contribution in [2.45, 2.75) is 25.4 Å². The Hall–Kier alpha value is -1.07. The van der Waals surface area contributed by atoms with Gasteiger partial charge in [-0.05, 0) is 24.6 Å². The molecule has 0 aliphatic carbocycles. The van der Waals surface area contributed by atoms with Gasteiger partial charge in [-0.2, -0.15) is 0 Å². The van der Waals surface area contributed by atoms with Gasteiger partial charge in [0.15, 0.2) is 0 Å². The fourth-order valence-corrected chi connectivity index (χ4v) is 2.87. The molecular weight excluding hydrogens is 236 g/mol. The van der Waals surface area contributed by atoms with Crippen LogP contribution in [0.3, 0.4) is 0 Å². The van der Waals surface area contributed by atoms with Crippen LogP contribution < -0.4 is 0 Å². The maximum atomic E-state index is 12.4. The van der Waals surface area contributed by atoms with Crippen molar-refractivity contribution in [2.24, 2.45) is 0 Å². The van der Waals surface area contributed by atoms with Gasteiger partial charge in [0.1, 0.15) is 5.69 Å². The fraction of sp³-hybridized carbons (Fsp3) is 0.615. The molecule has 0 N–H and O–H groups in total. The van der Waals surface area contributed by atoms with Crippen molar-refractivity contribution in [1.82, 2.24) is 14.8 Å². The maximum Gasteiger partial charge on any atom is 0.280 e. The topological polar surface area (TPSA) is 19.4 Å². The third-order valence-corrected chi connectivity index (χ3v) is 3.92. The molecule has 98 valence electrons. The molecule has 0 spiro atoms. The summed E-state index contributed by atoms with van der Waals surface area (Å²) in [6, 6.07) is 3.84. The number of nitrogens with zero attached hydrogens (tertiary/aromatic N) is 3. The second-order valence-electron chi connectivity index (χ2n) is 5.11. The van der Waals surface area contributed by atoms with E-state index in [9.17, 15) is 8.78 Å². The summed E-state index contributed by atoms with van der Waals surface area (Å²) in [5.74, 6) is 0. The van der Waals surface area contributed by atoms with E-state index in [1.165, 1.54) is 19.0 Å². The molecule has 2 unspecified atom stereocenters. The van der Waals surface area contributed by atoms with Gasteiger partial charge in [-0.25, -0.2) is 8.78 Å². The summed E-state index contributed by atoms with van der Waals surface area (Å²) in [5, 5.41) is 0. The standard InChI is InChI=1S/C13H17F2N3/c14-13(15)12-2-1-10(7-16-12)8-18-6-5-17-4-3-11(18)9-17/h1-2,7,11,13H,3-6,8-9H2. The van der Waals surface area contributed by atoms with E-state index < -0.39 is 6.43 Å². The van der Waals surface area contributed by atoms with Gasteiger partial charge in [0.25, 0.3) is 6.43 Å². The van der Waals surface area contributed by atoms with Gasteiger partial charge >= 0.3 is 0 Å². The quantitative estimate of drug-likeness (QED) is 0.820. The molecule has 1 aromatic heterocycles. The Labute approximate surface area is 105 Å². The molecule has 18 heavy (non-hydrogen) atoms. The zero-order chi connectivity index (χ0) is 12.5. The molecule has 2 fully saturated rings. The Morgan fingerprint density at radius 1 is 1.28 bits per heavy atom. The van der Waals surface area contributed by atoms with Crippen molar-refractivity contribution in [2.75, 3.05) is 26.2 Å². The predicted octanol–water partition coefficient (Wildman–Crippen LogP) is 1.91. The Morgan fingerprint density at radius 3 is 2.89 bits per heavy atom. The molecule has 0 radical (unpaired) electrons. The molecule has 5 heteroatoms. The molecule has 1 aromatic rings. The molecule has 3 heterocycles. The highest BCUT2D eigenvalue weighted by Gasteiger charge is 2.32. The van der Waals surface area contributed by atoms with Crippen LogP contribution in [0.25, 0.3) is 0 Å². The van der Waals surface area contributed by atoms with Crippen LogP contribution in [0.4, 0.5) is 8.78 Å². The Kier molecular flexibility index (Phi) is 3.26. The van der Waals surface area contributed by atoms with E-state index in [1.807, 2.05) is 0 Å². The average molecular weight is 253 g/mol. The van der Waals surface area contributed by atoms with Crippen LogP contribution in [-0.4, -0.2) is 47.0 Å². The highest BCUT2D eigenvalue weighted by atomic mass is 19.3. The van der Waals surface area contributed by atoms with Gasteiger partial charge in [0.05, 0.1) is 0 Å². The summed E-state index contributed by atoms with van der Waals surface area (Å²) in [5.41, 5.74) is 0.893. The van der Waals surface area contributed by atoms with Crippen LogP contribution in [-0.2, 0) is 6.54 Å². The zero-order valence-electron chi connectivity index (χ0n) is 10.2. The molecule has 0 saturated carbocycles. The Bertz CT molecular complexity index is 407. The molecule has 0 amide bonds. The second-order valence-corrected chi connectivity index (χ2v) is 5.11. The summed E-state index contributed by atoms with van der Waals surface area (Å²) in [4.78, 5) is 8.75. The van der Waals surface area contributed by atoms with E-state index in [-0.39, 0.29) is 5.69 Å². The SMILES string of the molecule is FC(F)c1ccc(CN2CCN3CCC2C3)cn1. The number of pyridine rings is 1. The zero-order valence-corrected chi connectivity index (χ0v) is 10.2. The second kappa shape index (κ2) is 4.90. The average Bonchev–Trinajstić information content (AvgIpc) is 2.76. The van der Waals surface area contributed by atoms with Gasteiger partial charge in [-0.15, -0.1) is 0 Å². The van der Waals surface area contributed by atoms with E-state index in [0.717, 1.165) is 31.7 Å². The first-order chi connectivity index (χ1) is 8.72. The molecule has 2 aliphatic heterocycles. The smallest absolute Gasteiger partial charge is 0.280 e. The van der Waals surface area contributed by atoms with Gasteiger partial charge in [0.2, 0.25) is 0 Å². The van der Waals surface area contributed by atoms with Crippen LogP contribution in [0.5, 0.6) is 0 Å². The normalized spacial score (nSPS) is 27.9. The number of hydrogen-bond donors (Lipinski definition) is 0. The number of rotatable bonds is 3. The first kappa shape index (κ1) is 12.0. The monoisotopic (exact) mass is 253 g/mol. The lowest BCUT2D eigenvalue weighted by atomic mass is 10.1. The Balaban J connectivity index is 1.65.